The number of ether oxygens (including phenoxy) is 1. The van der Waals surface area contributed by atoms with Crippen LogP contribution in [0.5, 0.6) is 0 Å². The van der Waals surface area contributed by atoms with E-state index in [9.17, 15) is 0 Å². The van der Waals surface area contributed by atoms with E-state index < -0.39 is 0 Å². The Hall–Kier alpha value is -1.13. The SMILES string of the molecule is CCNC(C)c1cccnc1N1CCOCC1(C)C. The average molecular weight is 263 g/mol. The van der Waals surface area contributed by atoms with Gasteiger partial charge in [-0.2, -0.15) is 0 Å². The van der Waals surface area contributed by atoms with Crippen molar-refractivity contribution in [3.05, 3.63) is 23.9 Å². The summed E-state index contributed by atoms with van der Waals surface area (Å²) in [5.41, 5.74) is 1.26. The maximum absolute atomic E-state index is 5.60. The molecule has 4 heteroatoms. The lowest BCUT2D eigenvalue weighted by Crippen LogP contribution is -2.54. The third-order valence-electron chi connectivity index (χ3n) is 3.69. The van der Waals surface area contributed by atoms with Crippen LogP contribution in [0.25, 0.3) is 0 Å². The van der Waals surface area contributed by atoms with Gasteiger partial charge < -0.3 is 15.0 Å². The summed E-state index contributed by atoms with van der Waals surface area (Å²) in [5.74, 6) is 1.09. The van der Waals surface area contributed by atoms with Gasteiger partial charge in [-0.05, 0) is 33.4 Å². The van der Waals surface area contributed by atoms with Gasteiger partial charge in [0.05, 0.1) is 18.8 Å². The summed E-state index contributed by atoms with van der Waals surface area (Å²) in [6.45, 7) is 12.1. The first-order chi connectivity index (χ1) is 9.06. The zero-order valence-corrected chi connectivity index (χ0v) is 12.4. The second-order valence-electron chi connectivity index (χ2n) is 5.71. The smallest absolute Gasteiger partial charge is 0.133 e. The molecule has 2 rings (SSSR count). The van der Waals surface area contributed by atoms with Crippen LogP contribution in [-0.2, 0) is 4.74 Å². The minimum Gasteiger partial charge on any atom is -0.377 e. The van der Waals surface area contributed by atoms with E-state index in [0.29, 0.717) is 6.04 Å². The first-order valence-corrected chi connectivity index (χ1v) is 7.10. The zero-order chi connectivity index (χ0) is 13.9. The Kier molecular flexibility index (Phi) is 4.42. The number of nitrogens with one attached hydrogen (secondary N) is 1. The lowest BCUT2D eigenvalue weighted by atomic mass is 10.00. The molecule has 1 saturated heterocycles. The highest BCUT2D eigenvalue weighted by molar-refractivity contribution is 5.51. The van der Waals surface area contributed by atoms with Crippen molar-refractivity contribution in [2.24, 2.45) is 0 Å². The van der Waals surface area contributed by atoms with Crippen LogP contribution in [0.2, 0.25) is 0 Å². The number of pyridine rings is 1. The Morgan fingerprint density at radius 2 is 2.32 bits per heavy atom. The molecule has 0 saturated carbocycles. The van der Waals surface area contributed by atoms with E-state index in [0.717, 1.165) is 32.1 Å². The molecule has 1 aromatic heterocycles. The predicted molar refractivity (Wildman–Crippen MR) is 78.6 cm³/mol. The maximum atomic E-state index is 5.60. The van der Waals surface area contributed by atoms with E-state index in [1.165, 1.54) is 5.56 Å². The van der Waals surface area contributed by atoms with E-state index in [1.807, 2.05) is 12.3 Å². The van der Waals surface area contributed by atoms with Crippen molar-refractivity contribution in [3.8, 4) is 0 Å². The molecular weight excluding hydrogens is 238 g/mol. The summed E-state index contributed by atoms with van der Waals surface area (Å²) >= 11 is 0. The minimum atomic E-state index is -0.00666. The Bertz CT molecular complexity index is 420. The van der Waals surface area contributed by atoms with Crippen LogP contribution in [0.15, 0.2) is 18.3 Å². The van der Waals surface area contributed by atoms with Crippen molar-refractivity contribution < 1.29 is 4.74 Å². The molecule has 0 amide bonds. The van der Waals surface area contributed by atoms with Gasteiger partial charge in [-0.3, -0.25) is 0 Å². The summed E-state index contributed by atoms with van der Waals surface area (Å²) in [6.07, 6.45) is 1.88. The van der Waals surface area contributed by atoms with Crippen molar-refractivity contribution >= 4 is 5.82 Å². The van der Waals surface area contributed by atoms with Crippen molar-refractivity contribution in [1.82, 2.24) is 10.3 Å². The molecule has 1 aliphatic rings. The normalized spacial score (nSPS) is 20.3. The second-order valence-corrected chi connectivity index (χ2v) is 5.71. The molecule has 1 aliphatic heterocycles. The highest BCUT2D eigenvalue weighted by Crippen LogP contribution is 2.30. The van der Waals surface area contributed by atoms with Gasteiger partial charge in [0.15, 0.2) is 0 Å². The number of rotatable bonds is 4. The Morgan fingerprint density at radius 3 is 3.00 bits per heavy atom. The monoisotopic (exact) mass is 263 g/mol. The zero-order valence-electron chi connectivity index (χ0n) is 12.4. The molecule has 2 heterocycles. The molecule has 1 atom stereocenters. The molecule has 0 radical (unpaired) electrons. The summed E-state index contributed by atoms with van der Waals surface area (Å²) in [4.78, 5) is 7.01. The predicted octanol–water partition coefficient (Wildman–Crippen LogP) is 2.37. The van der Waals surface area contributed by atoms with Crippen LogP contribution < -0.4 is 10.2 Å². The fraction of sp³-hybridized carbons (Fsp3) is 0.667. The van der Waals surface area contributed by atoms with Crippen LogP contribution in [0.3, 0.4) is 0 Å². The van der Waals surface area contributed by atoms with Crippen molar-refractivity contribution in [1.29, 1.82) is 0 Å². The van der Waals surface area contributed by atoms with Gasteiger partial charge in [0.25, 0.3) is 0 Å². The van der Waals surface area contributed by atoms with Gasteiger partial charge in [0.1, 0.15) is 5.82 Å². The number of hydrogen-bond donors (Lipinski definition) is 1. The Morgan fingerprint density at radius 1 is 1.53 bits per heavy atom. The molecule has 1 fully saturated rings. The Balaban J connectivity index is 2.33. The lowest BCUT2D eigenvalue weighted by molar-refractivity contribution is 0.0637. The highest BCUT2D eigenvalue weighted by atomic mass is 16.5. The van der Waals surface area contributed by atoms with Crippen LogP contribution in [-0.4, -0.2) is 36.8 Å². The number of anilines is 1. The minimum absolute atomic E-state index is 0.00666. The maximum Gasteiger partial charge on any atom is 0.133 e. The van der Waals surface area contributed by atoms with Crippen LogP contribution in [0.4, 0.5) is 5.82 Å². The Labute approximate surface area is 116 Å². The summed E-state index contributed by atoms with van der Waals surface area (Å²) < 4.78 is 5.60. The topological polar surface area (TPSA) is 37.4 Å². The first-order valence-electron chi connectivity index (χ1n) is 7.10. The third-order valence-corrected chi connectivity index (χ3v) is 3.69. The average Bonchev–Trinajstić information content (AvgIpc) is 2.38. The van der Waals surface area contributed by atoms with E-state index >= 15 is 0 Å². The largest absolute Gasteiger partial charge is 0.377 e. The third kappa shape index (κ3) is 3.07. The second kappa shape index (κ2) is 5.88. The summed E-state index contributed by atoms with van der Waals surface area (Å²) in [5, 5.41) is 3.47. The fourth-order valence-corrected chi connectivity index (χ4v) is 2.64. The van der Waals surface area contributed by atoms with Gasteiger partial charge in [0, 0.05) is 24.3 Å². The van der Waals surface area contributed by atoms with Crippen LogP contribution in [0.1, 0.15) is 39.3 Å². The van der Waals surface area contributed by atoms with E-state index in [2.05, 4.69) is 49.0 Å². The summed E-state index contributed by atoms with van der Waals surface area (Å²) in [6, 6.07) is 4.49. The van der Waals surface area contributed by atoms with Crippen molar-refractivity contribution in [2.75, 3.05) is 31.2 Å². The fourth-order valence-electron chi connectivity index (χ4n) is 2.64. The summed E-state index contributed by atoms with van der Waals surface area (Å²) in [7, 11) is 0. The molecule has 1 aromatic rings. The van der Waals surface area contributed by atoms with Gasteiger partial charge >= 0.3 is 0 Å². The van der Waals surface area contributed by atoms with E-state index in [-0.39, 0.29) is 5.54 Å². The molecule has 0 aliphatic carbocycles. The highest BCUT2D eigenvalue weighted by Gasteiger charge is 2.33. The molecule has 19 heavy (non-hydrogen) atoms. The quantitative estimate of drug-likeness (QED) is 0.905. The lowest BCUT2D eigenvalue weighted by Gasteiger charge is -2.44. The molecular formula is C15H25N3O. The molecule has 1 N–H and O–H groups in total. The van der Waals surface area contributed by atoms with Gasteiger partial charge in [0.2, 0.25) is 0 Å². The van der Waals surface area contributed by atoms with Crippen molar-refractivity contribution in [3.63, 3.8) is 0 Å². The number of aromatic nitrogens is 1. The van der Waals surface area contributed by atoms with Gasteiger partial charge in [-0.25, -0.2) is 4.98 Å². The molecule has 106 valence electrons. The van der Waals surface area contributed by atoms with E-state index in [4.69, 9.17) is 4.74 Å². The van der Waals surface area contributed by atoms with E-state index in [1.54, 1.807) is 0 Å². The van der Waals surface area contributed by atoms with Gasteiger partial charge in [-0.15, -0.1) is 0 Å². The molecule has 1 unspecified atom stereocenters. The molecule has 4 nitrogen and oxygen atoms in total. The number of nitrogens with zero attached hydrogens (tertiary/aromatic N) is 2. The molecule has 0 aromatic carbocycles. The number of hydrogen-bond acceptors (Lipinski definition) is 4. The van der Waals surface area contributed by atoms with Crippen LogP contribution in [0, 0.1) is 0 Å². The molecule has 0 spiro atoms. The van der Waals surface area contributed by atoms with Crippen LogP contribution >= 0.6 is 0 Å². The number of morpholine rings is 1. The van der Waals surface area contributed by atoms with Gasteiger partial charge in [-0.1, -0.05) is 13.0 Å². The van der Waals surface area contributed by atoms with Crippen molar-refractivity contribution in [2.45, 2.75) is 39.3 Å². The standard InChI is InChI=1S/C15H25N3O/c1-5-16-12(2)13-7-6-8-17-14(13)18-9-10-19-11-15(18,3)4/h6-8,12,16H,5,9-11H2,1-4H3. The molecule has 0 bridgehead atoms. The first kappa shape index (κ1) is 14.3.